The van der Waals surface area contributed by atoms with Crippen LogP contribution in [0.1, 0.15) is 36.6 Å². The molecule has 0 radical (unpaired) electrons. The Balaban J connectivity index is 2.08. The van der Waals surface area contributed by atoms with Gasteiger partial charge in [0.1, 0.15) is 6.10 Å². The lowest BCUT2D eigenvalue weighted by Crippen LogP contribution is -2.30. The van der Waals surface area contributed by atoms with Gasteiger partial charge < -0.3 is 14.6 Å². The van der Waals surface area contributed by atoms with E-state index in [1.807, 2.05) is 49.4 Å². The van der Waals surface area contributed by atoms with Gasteiger partial charge in [0.05, 0.1) is 6.61 Å². The standard InChI is InChI=1S/C22H26O4/c1-4-25-15-20(26-22(24)16(2)3)21(23)19-12-10-18(11-13-19)14-17-8-6-5-7-9-17/h5-13,20-21,23H,2,4,14-15H2,1,3H3. The van der Waals surface area contributed by atoms with Crippen molar-refractivity contribution in [1.29, 1.82) is 0 Å². The summed E-state index contributed by atoms with van der Waals surface area (Å²) in [5, 5.41) is 10.6. The highest BCUT2D eigenvalue weighted by Crippen LogP contribution is 2.22. The summed E-state index contributed by atoms with van der Waals surface area (Å²) in [5.74, 6) is -0.533. The van der Waals surface area contributed by atoms with Crippen LogP contribution in [0.25, 0.3) is 0 Å². The predicted molar refractivity (Wildman–Crippen MR) is 102 cm³/mol. The molecule has 0 aromatic heterocycles. The Labute approximate surface area is 155 Å². The van der Waals surface area contributed by atoms with Gasteiger partial charge in [0, 0.05) is 12.2 Å². The maximum atomic E-state index is 11.8. The molecule has 0 aliphatic carbocycles. The number of aliphatic hydroxyl groups excluding tert-OH is 1. The number of carbonyl (C=O) groups excluding carboxylic acids is 1. The highest BCUT2D eigenvalue weighted by atomic mass is 16.6. The fourth-order valence-electron chi connectivity index (χ4n) is 2.54. The molecule has 2 rings (SSSR count). The van der Waals surface area contributed by atoms with Gasteiger partial charge in [-0.15, -0.1) is 0 Å². The molecule has 2 aromatic carbocycles. The Morgan fingerprint density at radius 3 is 2.27 bits per heavy atom. The molecular formula is C22H26O4. The zero-order valence-corrected chi connectivity index (χ0v) is 15.4. The van der Waals surface area contributed by atoms with E-state index in [0.29, 0.717) is 12.2 Å². The molecule has 2 unspecified atom stereocenters. The predicted octanol–water partition coefficient (Wildman–Crippen LogP) is 3.84. The molecule has 0 heterocycles. The monoisotopic (exact) mass is 354 g/mol. The maximum Gasteiger partial charge on any atom is 0.333 e. The Bertz CT molecular complexity index is 707. The van der Waals surface area contributed by atoms with Crippen molar-refractivity contribution in [3.05, 3.63) is 83.4 Å². The molecule has 0 aliphatic heterocycles. The lowest BCUT2D eigenvalue weighted by atomic mass is 9.99. The van der Waals surface area contributed by atoms with Crippen molar-refractivity contribution in [2.45, 2.75) is 32.5 Å². The second-order valence-corrected chi connectivity index (χ2v) is 6.23. The van der Waals surface area contributed by atoms with Gasteiger partial charge in [0.25, 0.3) is 0 Å². The molecular weight excluding hydrogens is 328 g/mol. The van der Waals surface area contributed by atoms with Crippen molar-refractivity contribution >= 4 is 5.97 Å². The molecule has 0 amide bonds. The highest BCUT2D eigenvalue weighted by Gasteiger charge is 2.25. The molecule has 0 spiro atoms. The van der Waals surface area contributed by atoms with E-state index in [0.717, 1.165) is 12.0 Å². The van der Waals surface area contributed by atoms with Crippen LogP contribution in [0.2, 0.25) is 0 Å². The van der Waals surface area contributed by atoms with Gasteiger partial charge in [0.2, 0.25) is 0 Å². The van der Waals surface area contributed by atoms with Crippen molar-refractivity contribution < 1.29 is 19.4 Å². The number of esters is 1. The summed E-state index contributed by atoms with van der Waals surface area (Å²) in [5.41, 5.74) is 3.34. The maximum absolute atomic E-state index is 11.8. The molecule has 2 aromatic rings. The van der Waals surface area contributed by atoms with E-state index < -0.39 is 18.2 Å². The number of rotatable bonds is 9. The van der Waals surface area contributed by atoms with Gasteiger partial charge >= 0.3 is 5.97 Å². The Hall–Kier alpha value is -2.43. The highest BCUT2D eigenvalue weighted by molar-refractivity contribution is 5.87. The summed E-state index contributed by atoms with van der Waals surface area (Å²) in [6, 6.07) is 17.9. The van der Waals surface area contributed by atoms with E-state index in [-0.39, 0.29) is 12.2 Å². The van der Waals surface area contributed by atoms with Crippen molar-refractivity contribution in [1.82, 2.24) is 0 Å². The van der Waals surface area contributed by atoms with Gasteiger partial charge in [0.15, 0.2) is 6.10 Å². The number of hydrogen-bond acceptors (Lipinski definition) is 4. The lowest BCUT2D eigenvalue weighted by Gasteiger charge is -2.23. The first kappa shape index (κ1) is 19.9. The van der Waals surface area contributed by atoms with Crippen LogP contribution in [-0.4, -0.2) is 30.4 Å². The topological polar surface area (TPSA) is 55.8 Å². The first-order valence-corrected chi connectivity index (χ1v) is 8.76. The quantitative estimate of drug-likeness (QED) is 0.549. The second kappa shape index (κ2) is 9.90. The first-order chi connectivity index (χ1) is 12.5. The number of ether oxygens (including phenoxy) is 2. The number of hydrogen-bond donors (Lipinski definition) is 1. The Morgan fingerprint density at radius 1 is 1.08 bits per heavy atom. The van der Waals surface area contributed by atoms with E-state index >= 15 is 0 Å². The SMILES string of the molecule is C=C(C)C(=O)OC(COCC)C(O)c1ccc(Cc2ccccc2)cc1. The zero-order valence-electron chi connectivity index (χ0n) is 15.4. The van der Waals surface area contributed by atoms with Crippen LogP contribution >= 0.6 is 0 Å². The molecule has 26 heavy (non-hydrogen) atoms. The summed E-state index contributed by atoms with van der Waals surface area (Å²) >= 11 is 0. The third-order valence-corrected chi connectivity index (χ3v) is 4.02. The molecule has 0 bridgehead atoms. The number of aliphatic hydroxyl groups is 1. The number of carbonyl (C=O) groups is 1. The van der Waals surface area contributed by atoms with E-state index in [1.165, 1.54) is 5.56 Å². The molecule has 138 valence electrons. The average molecular weight is 354 g/mol. The third kappa shape index (κ3) is 5.83. The molecule has 4 heteroatoms. The van der Waals surface area contributed by atoms with Crippen LogP contribution < -0.4 is 0 Å². The van der Waals surface area contributed by atoms with Crippen molar-refractivity contribution in [2.75, 3.05) is 13.2 Å². The molecule has 2 atom stereocenters. The van der Waals surface area contributed by atoms with Crippen molar-refractivity contribution in [3.63, 3.8) is 0 Å². The van der Waals surface area contributed by atoms with Crippen LogP contribution in [-0.2, 0) is 20.7 Å². The minimum Gasteiger partial charge on any atom is -0.453 e. The second-order valence-electron chi connectivity index (χ2n) is 6.23. The summed E-state index contributed by atoms with van der Waals surface area (Å²) < 4.78 is 10.7. The smallest absolute Gasteiger partial charge is 0.333 e. The summed E-state index contributed by atoms with van der Waals surface area (Å²) in [7, 11) is 0. The van der Waals surface area contributed by atoms with E-state index in [2.05, 4.69) is 18.7 Å². The van der Waals surface area contributed by atoms with Crippen LogP contribution in [0.3, 0.4) is 0 Å². The zero-order chi connectivity index (χ0) is 18.9. The molecule has 4 nitrogen and oxygen atoms in total. The van der Waals surface area contributed by atoms with Crippen LogP contribution in [0.4, 0.5) is 0 Å². The van der Waals surface area contributed by atoms with E-state index in [9.17, 15) is 9.90 Å². The van der Waals surface area contributed by atoms with Gasteiger partial charge in [-0.05, 0) is 37.0 Å². The third-order valence-electron chi connectivity index (χ3n) is 4.02. The van der Waals surface area contributed by atoms with Gasteiger partial charge in [-0.1, -0.05) is 61.2 Å². The minimum atomic E-state index is -0.962. The van der Waals surface area contributed by atoms with Crippen LogP contribution in [0.15, 0.2) is 66.7 Å². The molecule has 0 saturated carbocycles. The lowest BCUT2D eigenvalue weighted by molar-refractivity contribution is -0.155. The van der Waals surface area contributed by atoms with Crippen molar-refractivity contribution in [3.8, 4) is 0 Å². The molecule has 0 aliphatic rings. The first-order valence-electron chi connectivity index (χ1n) is 8.76. The van der Waals surface area contributed by atoms with Gasteiger partial charge in [-0.3, -0.25) is 0 Å². The van der Waals surface area contributed by atoms with Gasteiger partial charge in [-0.2, -0.15) is 0 Å². The largest absolute Gasteiger partial charge is 0.453 e. The summed E-state index contributed by atoms with van der Waals surface area (Å²) in [6.07, 6.45) is -0.917. The normalized spacial score (nSPS) is 13.0. The van der Waals surface area contributed by atoms with E-state index in [1.54, 1.807) is 6.92 Å². The molecule has 0 saturated heterocycles. The van der Waals surface area contributed by atoms with Crippen LogP contribution in [0.5, 0.6) is 0 Å². The van der Waals surface area contributed by atoms with Crippen LogP contribution in [0, 0.1) is 0 Å². The van der Waals surface area contributed by atoms with Crippen molar-refractivity contribution in [2.24, 2.45) is 0 Å². The Morgan fingerprint density at radius 2 is 1.69 bits per heavy atom. The average Bonchev–Trinajstić information content (AvgIpc) is 2.65. The minimum absolute atomic E-state index is 0.127. The Kier molecular flexibility index (Phi) is 7.57. The number of benzene rings is 2. The fraction of sp³-hybridized carbons (Fsp3) is 0.318. The molecule has 1 N–H and O–H groups in total. The van der Waals surface area contributed by atoms with E-state index in [4.69, 9.17) is 9.47 Å². The summed E-state index contributed by atoms with van der Waals surface area (Å²) in [6.45, 7) is 7.60. The summed E-state index contributed by atoms with van der Waals surface area (Å²) in [4.78, 5) is 11.8. The molecule has 0 fully saturated rings. The fourth-order valence-corrected chi connectivity index (χ4v) is 2.54. The van der Waals surface area contributed by atoms with Gasteiger partial charge in [-0.25, -0.2) is 4.79 Å².